The van der Waals surface area contributed by atoms with Gasteiger partial charge in [-0.1, -0.05) is 19.1 Å². The molecule has 5 nitrogen and oxygen atoms in total. The summed E-state index contributed by atoms with van der Waals surface area (Å²) in [5.41, 5.74) is 0.794. The molecule has 0 aromatic heterocycles. The number of halogens is 2. The zero-order valence-electron chi connectivity index (χ0n) is 12.9. The maximum Gasteiger partial charge on any atom is 0.387 e. The predicted molar refractivity (Wildman–Crippen MR) is 78.9 cm³/mol. The van der Waals surface area contributed by atoms with E-state index in [2.05, 4.69) is 10.1 Å². The number of hydrogen-bond donors (Lipinski definition) is 2. The summed E-state index contributed by atoms with van der Waals surface area (Å²) in [4.78, 5) is 13.4. The smallest absolute Gasteiger partial charge is 0.387 e. The first-order chi connectivity index (χ1) is 10.3. The van der Waals surface area contributed by atoms with E-state index in [0.717, 1.165) is 5.56 Å². The van der Waals surface area contributed by atoms with Gasteiger partial charge in [0, 0.05) is 13.6 Å². The lowest BCUT2D eigenvalue weighted by Crippen LogP contribution is -2.42. The van der Waals surface area contributed by atoms with Gasteiger partial charge in [0.25, 0.3) is 0 Å². The fraction of sp³-hybridized carbons (Fsp3) is 0.533. The maximum atomic E-state index is 12.1. The van der Waals surface area contributed by atoms with Gasteiger partial charge in [-0.15, -0.1) is 0 Å². The Morgan fingerprint density at radius 3 is 2.41 bits per heavy atom. The van der Waals surface area contributed by atoms with Gasteiger partial charge in [0.05, 0.1) is 12.1 Å². The van der Waals surface area contributed by atoms with Crippen LogP contribution in [0.5, 0.6) is 5.75 Å². The molecule has 0 saturated carbocycles. The fourth-order valence-corrected chi connectivity index (χ4v) is 2.04. The van der Waals surface area contributed by atoms with Crippen molar-refractivity contribution in [2.24, 2.45) is 0 Å². The van der Waals surface area contributed by atoms with E-state index in [9.17, 15) is 18.7 Å². The van der Waals surface area contributed by atoms with Crippen molar-refractivity contribution in [1.29, 1.82) is 0 Å². The third kappa shape index (κ3) is 5.85. The SMILES string of the molecule is CCC(NC(=O)N(C)CC(C)O)c1ccc(OC(F)F)cc1. The van der Waals surface area contributed by atoms with Crippen molar-refractivity contribution in [2.45, 2.75) is 39.0 Å². The number of carbonyl (C=O) groups is 1. The summed E-state index contributed by atoms with van der Waals surface area (Å²) in [7, 11) is 1.59. The van der Waals surface area contributed by atoms with Gasteiger partial charge < -0.3 is 20.1 Å². The molecular formula is C15H22F2N2O3. The van der Waals surface area contributed by atoms with E-state index in [-0.39, 0.29) is 24.4 Å². The number of likely N-dealkylation sites (N-methyl/N-ethyl adjacent to an activating group) is 1. The Labute approximate surface area is 128 Å². The summed E-state index contributed by atoms with van der Waals surface area (Å²) >= 11 is 0. The van der Waals surface area contributed by atoms with Crippen molar-refractivity contribution in [3.05, 3.63) is 29.8 Å². The molecule has 2 atom stereocenters. The second-order valence-corrected chi connectivity index (χ2v) is 5.09. The minimum atomic E-state index is -2.86. The number of benzene rings is 1. The fourth-order valence-electron chi connectivity index (χ4n) is 2.04. The van der Waals surface area contributed by atoms with Crippen LogP contribution in [-0.4, -0.2) is 42.3 Å². The first-order valence-corrected chi connectivity index (χ1v) is 7.08. The molecular weight excluding hydrogens is 294 g/mol. The Morgan fingerprint density at radius 2 is 1.95 bits per heavy atom. The number of rotatable bonds is 7. The molecule has 2 amide bonds. The number of aliphatic hydroxyl groups is 1. The molecule has 0 aliphatic heterocycles. The van der Waals surface area contributed by atoms with Crippen LogP contribution >= 0.6 is 0 Å². The minimum Gasteiger partial charge on any atom is -0.435 e. The quantitative estimate of drug-likeness (QED) is 0.813. The number of aliphatic hydroxyl groups excluding tert-OH is 1. The zero-order chi connectivity index (χ0) is 16.7. The van der Waals surface area contributed by atoms with Crippen molar-refractivity contribution in [3.63, 3.8) is 0 Å². The molecule has 0 aliphatic rings. The lowest BCUT2D eigenvalue weighted by molar-refractivity contribution is -0.0498. The molecule has 0 saturated heterocycles. The molecule has 0 bridgehead atoms. The largest absolute Gasteiger partial charge is 0.435 e. The number of hydrogen-bond acceptors (Lipinski definition) is 3. The summed E-state index contributed by atoms with van der Waals surface area (Å²) < 4.78 is 28.5. The maximum absolute atomic E-state index is 12.1. The lowest BCUT2D eigenvalue weighted by atomic mass is 10.0. The second-order valence-electron chi connectivity index (χ2n) is 5.09. The van der Waals surface area contributed by atoms with E-state index in [1.807, 2.05) is 6.92 Å². The molecule has 1 aromatic rings. The average molecular weight is 316 g/mol. The lowest BCUT2D eigenvalue weighted by Gasteiger charge is -2.24. The van der Waals surface area contributed by atoms with E-state index in [4.69, 9.17) is 0 Å². The van der Waals surface area contributed by atoms with Crippen molar-refractivity contribution >= 4 is 6.03 Å². The van der Waals surface area contributed by atoms with Crippen LogP contribution in [0.4, 0.5) is 13.6 Å². The van der Waals surface area contributed by atoms with Crippen LogP contribution in [-0.2, 0) is 0 Å². The monoisotopic (exact) mass is 316 g/mol. The number of carbonyl (C=O) groups excluding carboxylic acids is 1. The molecule has 124 valence electrons. The van der Waals surface area contributed by atoms with Crippen LogP contribution in [0.1, 0.15) is 31.9 Å². The van der Waals surface area contributed by atoms with Crippen molar-refractivity contribution < 1.29 is 23.4 Å². The summed E-state index contributed by atoms with van der Waals surface area (Å²) in [6.45, 7) is 0.872. The highest BCUT2D eigenvalue weighted by Crippen LogP contribution is 2.21. The van der Waals surface area contributed by atoms with Gasteiger partial charge in [0.15, 0.2) is 0 Å². The third-order valence-corrected chi connectivity index (χ3v) is 3.10. The van der Waals surface area contributed by atoms with Gasteiger partial charge >= 0.3 is 12.6 Å². The Hall–Kier alpha value is -1.89. The van der Waals surface area contributed by atoms with E-state index in [1.165, 1.54) is 17.0 Å². The van der Waals surface area contributed by atoms with Crippen LogP contribution in [0.15, 0.2) is 24.3 Å². The molecule has 0 aliphatic carbocycles. The second kappa shape index (κ2) is 8.53. The molecule has 7 heteroatoms. The van der Waals surface area contributed by atoms with Crippen molar-refractivity contribution in [2.75, 3.05) is 13.6 Å². The Kier molecular flexibility index (Phi) is 7.04. The van der Waals surface area contributed by atoms with Crippen LogP contribution in [0.3, 0.4) is 0 Å². The summed E-state index contributed by atoms with van der Waals surface area (Å²) in [6.07, 6.45) is 0.0325. The summed E-state index contributed by atoms with van der Waals surface area (Å²) in [5, 5.41) is 12.1. The zero-order valence-corrected chi connectivity index (χ0v) is 12.9. The Morgan fingerprint density at radius 1 is 1.36 bits per heavy atom. The standard InChI is InChI=1S/C15H22F2N2O3/c1-4-13(18-15(21)19(3)9-10(2)20)11-5-7-12(8-6-11)22-14(16)17/h5-8,10,13-14,20H,4,9H2,1-3H3,(H,18,21). The van der Waals surface area contributed by atoms with Crippen LogP contribution in [0.25, 0.3) is 0 Å². The Bertz CT molecular complexity index is 466. The molecule has 22 heavy (non-hydrogen) atoms. The number of ether oxygens (including phenoxy) is 1. The predicted octanol–water partition coefficient (Wildman–Crippen LogP) is 2.76. The van der Waals surface area contributed by atoms with Gasteiger partial charge in [0.1, 0.15) is 5.75 Å². The number of nitrogens with zero attached hydrogens (tertiary/aromatic N) is 1. The number of alkyl halides is 2. The van der Waals surface area contributed by atoms with Crippen LogP contribution in [0, 0.1) is 0 Å². The molecule has 0 fully saturated rings. The normalized spacial score (nSPS) is 13.6. The number of urea groups is 1. The van der Waals surface area contributed by atoms with Crippen LogP contribution < -0.4 is 10.1 Å². The molecule has 1 rings (SSSR count). The van der Waals surface area contributed by atoms with Gasteiger partial charge in [-0.25, -0.2) is 4.79 Å². The van der Waals surface area contributed by atoms with Crippen molar-refractivity contribution in [1.82, 2.24) is 10.2 Å². The molecule has 0 radical (unpaired) electrons. The highest BCUT2D eigenvalue weighted by molar-refractivity contribution is 5.74. The van der Waals surface area contributed by atoms with Crippen molar-refractivity contribution in [3.8, 4) is 5.75 Å². The third-order valence-electron chi connectivity index (χ3n) is 3.10. The first-order valence-electron chi connectivity index (χ1n) is 7.08. The highest BCUT2D eigenvalue weighted by atomic mass is 19.3. The Balaban J connectivity index is 2.69. The topological polar surface area (TPSA) is 61.8 Å². The van der Waals surface area contributed by atoms with E-state index in [0.29, 0.717) is 6.42 Å². The number of amides is 2. The molecule has 1 aromatic carbocycles. The average Bonchev–Trinajstić information content (AvgIpc) is 2.44. The van der Waals surface area contributed by atoms with Gasteiger partial charge in [-0.3, -0.25) is 0 Å². The molecule has 0 heterocycles. The molecule has 2 N–H and O–H groups in total. The van der Waals surface area contributed by atoms with Gasteiger partial charge in [-0.2, -0.15) is 8.78 Å². The van der Waals surface area contributed by atoms with Crippen LogP contribution in [0.2, 0.25) is 0 Å². The van der Waals surface area contributed by atoms with Gasteiger partial charge in [0.2, 0.25) is 0 Å². The minimum absolute atomic E-state index is 0.0751. The number of nitrogens with one attached hydrogen (secondary N) is 1. The molecule has 0 spiro atoms. The summed E-state index contributed by atoms with van der Waals surface area (Å²) in [6, 6.07) is 5.61. The first kappa shape index (κ1) is 18.2. The highest BCUT2D eigenvalue weighted by Gasteiger charge is 2.17. The van der Waals surface area contributed by atoms with E-state index >= 15 is 0 Å². The molecule has 2 unspecified atom stereocenters. The van der Waals surface area contributed by atoms with E-state index in [1.54, 1.807) is 26.1 Å². The van der Waals surface area contributed by atoms with Gasteiger partial charge in [-0.05, 0) is 31.0 Å². The van der Waals surface area contributed by atoms with E-state index < -0.39 is 12.7 Å². The summed E-state index contributed by atoms with van der Waals surface area (Å²) in [5.74, 6) is 0.0751.